The zero-order valence-corrected chi connectivity index (χ0v) is 14.3. The monoisotopic (exact) mass is 321 g/mol. The topological polar surface area (TPSA) is 84.9 Å². The zero-order valence-electron chi connectivity index (χ0n) is 13.5. The predicted molar refractivity (Wildman–Crippen MR) is 83.8 cm³/mol. The molecule has 0 radical (unpaired) electrons. The van der Waals surface area contributed by atoms with E-state index in [0.717, 1.165) is 0 Å². The van der Waals surface area contributed by atoms with E-state index in [2.05, 4.69) is 19.2 Å². The van der Waals surface area contributed by atoms with Gasteiger partial charge in [0.15, 0.2) is 0 Å². The van der Waals surface area contributed by atoms with Crippen molar-refractivity contribution in [2.24, 2.45) is 5.92 Å². The molecule has 6 nitrogen and oxygen atoms in total. The molecule has 1 amide bonds. The van der Waals surface area contributed by atoms with Gasteiger partial charge in [0.05, 0.1) is 6.61 Å². The summed E-state index contributed by atoms with van der Waals surface area (Å²) < 4.78 is 10.4. The third-order valence-corrected chi connectivity index (χ3v) is 3.12. The Balaban J connectivity index is 3.98. The molecule has 21 heavy (non-hydrogen) atoms. The molecular formula is C14H27NO5S. The first-order valence-electron chi connectivity index (χ1n) is 6.99. The number of amides is 1. The molecule has 0 rings (SSSR count). The number of alkyl carbamates (subject to hydrolysis) is 1. The first-order valence-corrected chi connectivity index (χ1v) is 8.15. The molecule has 1 unspecified atom stereocenters. The fourth-order valence-electron chi connectivity index (χ4n) is 1.26. The number of hydrogen-bond acceptors (Lipinski definition) is 5. The van der Waals surface area contributed by atoms with Gasteiger partial charge in [0.1, 0.15) is 11.6 Å². The highest BCUT2D eigenvalue weighted by atomic mass is 32.2. The van der Waals surface area contributed by atoms with E-state index in [4.69, 9.17) is 14.6 Å². The van der Waals surface area contributed by atoms with Crippen LogP contribution in [0.15, 0.2) is 0 Å². The van der Waals surface area contributed by atoms with Crippen LogP contribution in [-0.4, -0.2) is 53.5 Å². The van der Waals surface area contributed by atoms with Crippen molar-refractivity contribution in [3.63, 3.8) is 0 Å². The second-order valence-corrected chi connectivity index (χ2v) is 7.23. The van der Waals surface area contributed by atoms with Gasteiger partial charge in [-0.25, -0.2) is 9.59 Å². The van der Waals surface area contributed by atoms with Crippen LogP contribution in [0.5, 0.6) is 0 Å². The molecule has 7 heteroatoms. The normalized spacial score (nSPS) is 13.0. The summed E-state index contributed by atoms with van der Waals surface area (Å²) in [6, 6.07) is -0.963. The van der Waals surface area contributed by atoms with Crippen molar-refractivity contribution in [2.45, 2.75) is 46.3 Å². The minimum atomic E-state index is -1.07. The highest BCUT2D eigenvalue weighted by Gasteiger charge is 2.23. The Kier molecular flexibility index (Phi) is 9.44. The maximum Gasteiger partial charge on any atom is 0.408 e. The van der Waals surface area contributed by atoms with Crippen LogP contribution in [0.25, 0.3) is 0 Å². The van der Waals surface area contributed by atoms with Crippen LogP contribution in [-0.2, 0) is 14.3 Å². The summed E-state index contributed by atoms with van der Waals surface area (Å²) in [7, 11) is 0. The number of carbonyl (C=O) groups excluding carboxylic acids is 1. The molecule has 2 N–H and O–H groups in total. The van der Waals surface area contributed by atoms with Gasteiger partial charge >= 0.3 is 12.1 Å². The van der Waals surface area contributed by atoms with Crippen molar-refractivity contribution < 1.29 is 24.2 Å². The van der Waals surface area contributed by atoms with Gasteiger partial charge < -0.3 is 19.9 Å². The van der Waals surface area contributed by atoms with Crippen molar-refractivity contribution in [3.8, 4) is 0 Å². The number of thioether (sulfide) groups is 1. The van der Waals surface area contributed by atoms with Gasteiger partial charge in [-0.15, -0.1) is 0 Å². The molecule has 0 aromatic heterocycles. The van der Waals surface area contributed by atoms with Crippen LogP contribution in [0.1, 0.15) is 34.6 Å². The minimum absolute atomic E-state index is 0.277. The van der Waals surface area contributed by atoms with Gasteiger partial charge in [-0.05, 0) is 26.7 Å². The van der Waals surface area contributed by atoms with E-state index in [0.29, 0.717) is 24.9 Å². The third kappa shape index (κ3) is 12.5. The number of carboxylic acids is 1. The maximum absolute atomic E-state index is 11.6. The van der Waals surface area contributed by atoms with Gasteiger partial charge in [0.25, 0.3) is 0 Å². The second kappa shape index (κ2) is 9.89. The Labute approximate surface area is 131 Å². The second-order valence-electron chi connectivity index (χ2n) is 6.08. The molecule has 0 saturated heterocycles. The predicted octanol–water partition coefficient (Wildman–Crippen LogP) is 2.37. The molecule has 0 spiro atoms. The average Bonchev–Trinajstić information content (AvgIpc) is 2.28. The van der Waals surface area contributed by atoms with Crippen molar-refractivity contribution in [1.29, 1.82) is 0 Å². The summed E-state index contributed by atoms with van der Waals surface area (Å²) >= 11 is 1.43. The fourth-order valence-corrected chi connectivity index (χ4v) is 2.13. The van der Waals surface area contributed by atoms with E-state index in [1.54, 1.807) is 20.8 Å². The SMILES string of the molecule is CC(C)COCCSCC(NC(=O)OC(C)(C)C)C(=O)O. The number of aliphatic carboxylic acids is 1. The van der Waals surface area contributed by atoms with Gasteiger partial charge in [0.2, 0.25) is 0 Å². The number of ether oxygens (including phenoxy) is 2. The van der Waals surface area contributed by atoms with Crippen LogP contribution in [0.2, 0.25) is 0 Å². The van der Waals surface area contributed by atoms with Crippen LogP contribution < -0.4 is 5.32 Å². The molecular weight excluding hydrogens is 294 g/mol. The fraction of sp³-hybridized carbons (Fsp3) is 0.857. The number of carboxylic acid groups (broad SMARTS) is 1. The molecule has 0 aliphatic heterocycles. The van der Waals surface area contributed by atoms with E-state index in [9.17, 15) is 9.59 Å². The number of hydrogen-bond donors (Lipinski definition) is 2. The van der Waals surface area contributed by atoms with Gasteiger partial charge in [-0.3, -0.25) is 0 Å². The Morgan fingerprint density at radius 1 is 1.29 bits per heavy atom. The number of nitrogens with one attached hydrogen (secondary N) is 1. The highest BCUT2D eigenvalue weighted by Crippen LogP contribution is 2.08. The third-order valence-electron chi connectivity index (χ3n) is 2.10. The minimum Gasteiger partial charge on any atom is -0.480 e. The Bertz CT molecular complexity index is 328. The van der Waals surface area contributed by atoms with E-state index >= 15 is 0 Å². The van der Waals surface area contributed by atoms with E-state index < -0.39 is 23.7 Å². The van der Waals surface area contributed by atoms with Gasteiger partial charge in [0, 0.05) is 18.1 Å². The smallest absolute Gasteiger partial charge is 0.408 e. The molecule has 124 valence electrons. The summed E-state index contributed by atoms with van der Waals surface area (Å²) in [5, 5.41) is 11.4. The molecule has 0 fully saturated rings. The molecule has 0 aliphatic rings. The summed E-state index contributed by atoms with van der Waals surface area (Å²) in [4.78, 5) is 22.6. The summed E-state index contributed by atoms with van der Waals surface area (Å²) in [6.45, 7) is 10.6. The maximum atomic E-state index is 11.6. The lowest BCUT2D eigenvalue weighted by molar-refractivity contribution is -0.138. The molecule has 0 bridgehead atoms. The highest BCUT2D eigenvalue weighted by molar-refractivity contribution is 7.99. The van der Waals surface area contributed by atoms with Crippen molar-refractivity contribution in [3.05, 3.63) is 0 Å². The van der Waals surface area contributed by atoms with Gasteiger partial charge in [-0.2, -0.15) is 11.8 Å². The summed E-state index contributed by atoms with van der Waals surface area (Å²) in [5.41, 5.74) is -0.648. The molecule has 0 aromatic carbocycles. The number of carbonyl (C=O) groups is 2. The zero-order chi connectivity index (χ0) is 16.5. The molecule has 0 saturated carbocycles. The van der Waals surface area contributed by atoms with E-state index in [1.807, 2.05) is 0 Å². The van der Waals surface area contributed by atoms with E-state index in [1.165, 1.54) is 11.8 Å². The van der Waals surface area contributed by atoms with Crippen LogP contribution >= 0.6 is 11.8 Å². The van der Waals surface area contributed by atoms with Crippen LogP contribution in [0.3, 0.4) is 0 Å². The Morgan fingerprint density at radius 3 is 2.38 bits per heavy atom. The van der Waals surface area contributed by atoms with Crippen LogP contribution in [0, 0.1) is 5.92 Å². The molecule has 0 heterocycles. The van der Waals surface area contributed by atoms with E-state index in [-0.39, 0.29) is 5.75 Å². The lowest BCUT2D eigenvalue weighted by Gasteiger charge is -2.21. The molecule has 1 atom stereocenters. The standard InChI is InChI=1S/C14H27NO5S/c1-10(2)8-19-6-7-21-9-11(12(16)17)15-13(18)20-14(3,4)5/h10-11H,6-9H2,1-5H3,(H,15,18)(H,16,17). The van der Waals surface area contributed by atoms with Crippen molar-refractivity contribution in [2.75, 3.05) is 24.7 Å². The van der Waals surface area contributed by atoms with Crippen molar-refractivity contribution in [1.82, 2.24) is 5.32 Å². The lowest BCUT2D eigenvalue weighted by atomic mass is 10.2. The lowest BCUT2D eigenvalue weighted by Crippen LogP contribution is -2.45. The molecule has 0 aromatic rings. The van der Waals surface area contributed by atoms with Gasteiger partial charge in [-0.1, -0.05) is 13.8 Å². The Morgan fingerprint density at radius 2 is 1.90 bits per heavy atom. The number of rotatable bonds is 9. The first kappa shape index (κ1) is 20.1. The molecule has 0 aliphatic carbocycles. The van der Waals surface area contributed by atoms with Crippen molar-refractivity contribution >= 4 is 23.8 Å². The average molecular weight is 321 g/mol. The summed E-state index contributed by atoms with van der Waals surface area (Å²) in [5.74, 6) is 0.374. The summed E-state index contributed by atoms with van der Waals surface area (Å²) in [6.07, 6.45) is -0.716. The largest absolute Gasteiger partial charge is 0.480 e. The first-order chi connectivity index (χ1) is 9.61. The Hall–Kier alpha value is -0.950. The quantitative estimate of drug-likeness (QED) is 0.634. The van der Waals surface area contributed by atoms with Crippen LogP contribution in [0.4, 0.5) is 4.79 Å².